The zero-order valence-corrected chi connectivity index (χ0v) is 12.8. The molecule has 2 unspecified atom stereocenters. The maximum Gasteiger partial charge on any atom is 0.0935 e. The number of benzene rings is 1. The highest BCUT2D eigenvalue weighted by Crippen LogP contribution is 2.31. The van der Waals surface area contributed by atoms with Crippen LogP contribution in [0.25, 0.3) is 11.3 Å². The Morgan fingerprint density at radius 2 is 2.10 bits per heavy atom. The first-order valence-electron chi connectivity index (χ1n) is 7.58. The summed E-state index contributed by atoms with van der Waals surface area (Å²) in [6.45, 7) is 3.28. The molecule has 0 amide bonds. The second kappa shape index (κ2) is 6.51. The van der Waals surface area contributed by atoms with E-state index in [1.807, 2.05) is 11.3 Å². The Bertz CT molecular complexity index is 535. The maximum absolute atomic E-state index is 4.81. The minimum Gasteiger partial charge on any atom is -0.314 e. The molecule has 1 aromatic carbocycles. The van der Waals surface area contributed by atoms with Crippen molar-refractivity contribution in [2.24, 2.45) is 5.92 Å². The Kier molecular flexibility index (Phi) is 4.48. The summed E-state index contributed by atoms with van der Waals surface area (Å²) in [5.74, 6) is 0.814. The zero-order valence-electron chi connectivity index (χ0n) is 12.0. The number of aromatic nitrogens is 1. The lowest BCUT2D eigenvalue weighted by molar-refractivity contribution is 0.493. The highest BCUT2D eigenvalue weighted by Gasteiger charge is 2.24. The van der Waals surface area contributed by atoms with Gasteiger partial charge in [0.2, 0.25) is 0 Å². The summed E-state index contributed by atoms with van der Waals surface area (Å²) < 4.78 is 0. The number of nitrogens with one attached hydrogen (secondary N) is 1. The van der Waals surface area contributed by atoms with Crippen molar-refractivity contribution in [3.8, 4) is 11.3 Å². The van der Waals surface area contributed by atoms with E-state index in [0.717, 1.165) is 30.6 Å². The normalized spacial score (nSPS) is 22.2. The predicted molar refractivity (Wildman–Crippen MR) is 86.1 cm³/mol. The van der Waals surface area contributed by atoms with E-state index in [0.29, 0.717) is 0 Å². The molecule has 1 aliphatic carbocycles. The molecule has 1 aromatic heterocycles. The molecule has 1 saturated carbocycles. The third-order valence-electron chi connectivity index (χ3n) is 4.12. The first-order valence-corrected chi connectivity index (χ1v) is 8.46. The molecule has 0 saturated heterocycles. The van der Waals surface area contributed by atoms with Crippen molar-refractivity contribution in [1.29, 1.82) is 0 Å². The molecule has 20 heavy (non-hydrogen) atoms. The van der Waals surface area contributed by atoms with Crippen LogP contribution >= 0.6 is 11.3 Å². The van der Waals surface area contributed by atoms with Gasteiger partial charge in [-0.05, 0) is 31.7 Å². The Balaban J connectivity index is 1.61. The minimum atomic E-state index is 0.735. The van der Waals surface area contributed by atoms with Gasteiger partial charge >= 0.3 is 0 Å². The van der Waals surface area contributed by atoms with Crippen LogP contribution < -0.4 is 5.32 Å². The summed E-state index contributed by atoms with van der Waals surface area (Å²) in [5, 5.41) is 7.07. The van der Waals surface area contributed by atoms with Crippen LogP contribution in [-0.2, 0) is 6.42 Å². The van der Waals surface area contributed by atoms with Crippen molar-refractivity contribution >= 4 is 11.3 Å². The standard InChI is InChI=1S/C17H22N2S/c1-2-18-15-9-8-13(10-15)11-17-19-16(12-20-17)14-6-4-3-5-7-14/h3-7,12-13,15,18H,2,8-11H2,1H3. The second-order valence-corrected chi connectivity index (χ2v) is 6.57. The van der Waals surface area contributed by atoms with Gasteiger partial charge in [0, 0.05) is 23.4 Å². The van der Waals surface area contributed by atoms with Crippen molar-refractivity contribution in [1.82, 2.24) is 10.3 Å². The molecule has 2 atom stereocenters. The molecule has 0 bridgehead atoms. The van der Waals surface area contributed by atoms with Crippen molar-refractivity contribution in [2.75, 3.05) is 6.54 Å². The highest BCUT2D eigenvalue weighted by molar-refractivity contribution is 7.09. The summed E-state index contributed by atoms with van der Waals surface area (Å²) in [6, 6.07) is 11.2. The lowest BCUT2D eigenvalue weighted by Gasteiger charge is -2.10. The zero-order chi connectivity index (χ0) is 13.8. The molecule has 3 rings (SSSR count). The van der Waals surface area contributed by atoms with Crippen LogP contribution in [0.5, 0.6) is 0 Å². The lowest BCUT2D eigenvalue weighted by atomic mass is 10.0. The van der Waals surface area contributed by atoms with Gasteiger partial charge in [0.05, 0.1) is 10.7 Å². The van der Waals surface area contributed by atoms with E-state index in [9.17, 15) is 0 Å². The second-order valence-electron chi connectivity index (χ2n) is 5.63. The first-order chi connectivity index (χ1) is 9.85. The van der Waals surface area contributed by atoms with E-state index in [2.05, 4.69) is 48.0 Å². The van der Waals surface area contributed by atoms with Gasteiger partial charge in [-0.3, -0.25) is 0 Å². The molecule has 2 nitrogen and oxygen atoms in total. The number of nitrogens with zero attached hydrogens (tertiary/aromatic N) is 1. The summed E-state index contributed by atoms with van der Waals surface area (Å²) in [7, 11) is 0. The summed E-state index contributed by atoms with van der Waals surface area (Å²) in [5.41, 5.74) is 2.36. The fourth-order valence-corrected chi connectivity index (χ4v) is 4.05. The van der Waals surface area contributed by atoms with Gasteiger partial charge in [0.1, 0.15) is 0 Å². The SMILES string of the molecule is CCNC1CCC(Cc2nc(-c3ccccc3)cs2)C1. The number of hydrogen-bond donors (Lipinski definition) is 1. The van der Waals surface area contributed by atoms with Gasteiger partial charge in [0.25, 0.3) is 0 Å². The monoisotopic (exact) mass is 286 g/mol. The highest BCUT2D eigenvalue weighted by atomic mass is 32.1. The van der Waals surface area contributed by atoms with Gasteiger partial charge in [-0.2, -0.15) is 0 Å². The molecular weight excluding hydrogens is 264 g/mol. The Morgan fingerprint density at radius 1 is 1.25 bits per heavy atom. The molecule has 106 valence electrons. The van der Waals surface area contributed by atoms with E-state index in [4.69, 9.17) is 4.98 Å². The summed E-state index contributed by atoms with van der Waals surface area (Å²) in [6.07, 6.45) is 5.14. The van der Waals surface area contributed by atoms with E-state index in [-0.39, 0.29) is 0 Å². The number of rotatable bonds is 5. The van der Waals surface area contributed by atoms with Crippen molar-refractivity contribution in [3.63, 3.8) is 0 Å². The van der Waals surface area contributed by atoms with Gasteiger partial charge < -0.3 is 5.32 Å². The molecule has 0 radical (unpaired) electrons. The van der Waals surface area contributed by atoms with E-state index < -0.39 is 0 Å². The van der Waals surface area contributed by atoms with Gasteiger partial charge in [-0.1, -0.05) is 37.3 Å². The predicted octanol–water partition coefficient (Wildman–Crippen LogP) is 4.13. The molecule has 0 spiro atoms. The number of hydrogen-bond acceptors (Lipinski definition) is 3. The van der Waals surface area contributed by atoms with Gasteiger partial charge in [-0.15, -0.1) is 11.3 Å². The largest absolute Gasteiger partial charge is 0.314 e. The third-order valence-corrected chi connectivity index (χ3v) is 4.99. The molecule has 1 N–H and O–H groups in total. The van der Waals surface area contributed by atoms with Crippen LogP contribution in [0, 0.1) is 5.92 Å². The van der Waals surface area contributed by atoms with Crippen molar-refractivity contribution in [2.45, 2.75) is 38.6 Å². The molecular formula is C17H22N2S. The molecule has 0 aliphatic heterocycles. The molecule has 1 heterocycles. The Hall–Kier alpha value is -1.19. The van der Waals surface area contributed by atoms with Crippen LogP contribution in [0.1, 0.15) is 31.2 Å². The van der Waals surface area contributed by atoms with Gasteiger partial charge in [0.15, 0.2) is 0 Å². The first kappa shape index (κ1) is 13.8. The van der Waals surface area contributed by atoms with Crippen molar-refractivity contribution < 1.29 is 0 Å². The van der Waals surface area contributed by atoms with Crippen LogP contribution in [0.2, 0.25) is 0 Å². The average molecular weight is 286 g/mol. The average Bonchev–Trinajstić information content (AvgIpc) is 3.11. The lowest BCUT2D eigenvalue weighted by Crippen LogP contribution is -2.25. The Morgan fingerprint density at radius 3 is 2.90 bits per heavy atom. The minimum absolute atomic E-state index is 0.735. The molecule has 1 fully saturated rings. The number of thiazole rings is 1. The van der Waals surface area contributed by atoms with E-state index >= 15 is 0 Å². The van der Waals surface area contributed by atoms with E-state index in [1.165, 1.54) is 29.8 Å². The topological polar surface area (TPSA) is 24.9 Å². The fraction of sp³-hybridized carbons (Fsp3) is 0.471. The summed E-state index contributed by atoms with van der Waals surface area (Å²) >= 11 is 1.81. The molecule has 1 aliphatic rings. The van der Waals surface area contributed by atoms with Crippen LogP contribution in [0.4, 0.5) is 0 Å². The van der Waals surface area contributed by atoms with Crippen LogP contribution in [0.3, 0.4) is 0 Å². The smallest absolute Gasteiger partial charge is 0.0935 e. The third kappa shape index (κ3) is 3.28. The van der Waals surface area contributed by atoms with Crippen LogP contribution in [0.15, 0.2) is 35.7 Å². The summed E-state index contributed by atoms with van der Waals surface area (Å²) in [4.78, 5) is 4.81. The van der Waals surface area contributed by atoms with Crippen LogP contribution in [-0.4, -0.2) is 17.6 Å². The fourth-order valence-electron chi connectivity index (χ4n) is 3.13. The van der Waals surface area contributed by atoms with Gasteiger partial charge in [-0.25, -0.2) is 4.98 Å². The maximum atomic E-state index is 4.81. The van der Waals surface area contributed by atoms with E-state index in [1.54, 1.807) is 0 Å². The Labute approximate surface area is 125 Å². The quantitative estimate of drug-likeness (QED) is 0.894. The van der Waals surface area contributed by atoms with Crippen molar-refractivity contribution in [3.05, 3.63) is 40.7 Å². The molecule has 3 heteroatoms. The molecule has 2 aromatic rings.